The van der Waals surface area contributed by atoms with Crippen LogP contribution in [0.15, 0.2) is 18.2 Å². The van der Waals surface area contributed by atoms with Crippen LogP contribution in [0.5, 0.6) is 0 Å². The van der Waals surface area contributed by atoms with Gasteiger partial charge in [-0.2, -0.15) is 0 Å². The number of nitrogens with zero attached hydrogens (tertiary/aromatic N) is 2. The lowest BCUT2D eigenvalue weighted by Crippen LogP contribution is -2.46. The summed E-state index contributed by atoms with van der Waals surface area (Å²) in [7, 11) is -1.62. The summed E-state index contributed by atoms with van der Waals surface area (Å²) < 4.78 is 13.5. The van der Waals surface area contributed by atoms with Crippen molar-refractivity contribution in [3.05, 3.63) is 29.6 Å². The smallest absolute Gasteiger partial charge is 0.423 e. The minimum Gasteiger partial charge on any atom is -0.423 e. The Kier molecular flexibility index (Phi) is 5.54. The summed E-state index contributed by atoms with van der Waals surface area (Å²) in [5.74, 6) is -0.421. The summed E-state index contributed by atoms with van der Waals surface area (Å²) in [5, 5.41) is 18.3. The molecule has 1 fully saturated rings. The fourth-order valence-electron chi connectivity index (χ4n) is 2.66. The SMILES string of the molecule is CCCN1CCN(Cc2cc(F)cc(B(O)O)c2)CC1. The third kappa shape index (κ3) is 4.28. The lowest BCUT2D eigenvalue weighted by Gasteiger charge is -2.34. The van der Waals surface area contributed by atoms with E-state index in [0.29, 0.717) is 6.54 Å². The van der Waals surface area contributed by atoms with Crippen molar-refractivity contribution in [1.82, 2.24) is 9.80 Å². The van der Waals surface area contributed by atoms with Crippen molar-refractivity contribution in [3.63, 3.8) is 0 Å². The molecule has 0 amide bonds. The van der Waals surface area contributed by atoms with Crippen molar-refractivity contribution < 1.29 is 14.4 Å². The second-order valence-corrected chi connectivity index (χ2v) is 5.38. The molecule has 4 nitrogen and oxygen atoms in total. The van der Waals surface area contributed by atoms with Gasteiger partial charge in [0.25, 0.3) is 0 Å². The maximum atomic E-state index is 13.5. The lowest BCUT2D eigenvalue weighted by molar-refractivity contribution is 0.127. The molecule has 1 aliphatic heterocycles. The Morgan fingerprint density at radius 1 is 1.10 bits per heavy atom. The Morgan fingerprint density at radius 3 is 2.35 bits per heavy atom. The van der Waals surface area contributed by atoms with Gasteiger partial charge in [0.2, 0.25) is 0 Å². The average Bonchev–Trinajstić information content (AvgIpc) is 2.40. The summed E-state index contributed by atoms with van der Waals surface area (Å²) in [6, 6.07) is 4.28. The van der Waals surface area contributed by atoms with E-state index in [4.69, 9.17) is 10.0 Å². The number of hydrogen-bond acceptors (Lipinski definition) is 4. The summed E-state index contributed by atoms with van der Waals surface area (Å²) in [5.41, 5.74) is 1.00. The zero-order valence-electron chi connectivity index (χ0n) is 11.9. The third-order valence-corrected chi connectivity index (χ3v) is 3.69. The topological polar surface area (TPSA) is 46.9 Å². The number of rotatable bonds is 5. The van der Waals surface area contributed by atoms with E-state index in [1.807, 2.05) is 0 Å². The lowest BCUT2D eigenvalue weighted by atomic mass is 9.79. The molecule has 110 valence electrons. The van der Waals surface area contributed by atoms with Crippen molar-refractivity contribution in [1.29, 1.82) is 0 Å². The van der Waals surface area contributed by atoms with Crippen LogP contribution in [0.3, 0.4) is 0 Å². The number of piperazine rings is 1. The van der Waals surface area contributed by atoms with E-state index in [0.717, 1.165) is 44.4 Å². The van der Waals surface area contributed by atoms with Gasteiger partial charge in [-0.15, -0.1) is 0 Å². The minimum absolute atomic E-state index is 0.213. The van der Waals surface area contributed by atoms with Gasteiger partial charge in [-0.3, -0.25) is 4.90 Å². The van der Waals surface area contributed by atoms with Crippen molar-refractivity contribution in [2.75, 3.05) is 32.7 Å². The molecule has 0 spiro atoms. The minimum atomic E-state index is -1.62. The molecule has 1 aliphatic rings. The molecule has 20 heavy (non-hydrogen) atoms. The van der Waals surface area contributed by atoms with Crippen LogP contribution in [-0.2, 0) is 6.54 Å². The summed E-state index contributed by atoms with van der Waals surface area (Å²) in [4.78, 5) is 4.71. The average molecular weight is 280 g/mol. The van der Waals surface area contributed by atoms with Crippen LogP contribution >= 0.6 is 0 Å². The predicted molar refractivity (Wildman–Crippen MR) is 78.2 cm³/mol. The van der Waals surface area contributed by atoms with Gasteiger partial charge in [0.1, 0.15) is 5.82 Å². The van der Waals surface area contributed by atoms with Crippen LogP contribution in [0.2, 0.25) is 0 Å². The Balaban J connectivity index is 1.94. The van der Waals surface area contributed by atoms with E-state index in [-0.39, 0.29) is 5.46 Å². The fraction of sp³-hybridized carbons (Fsp3) is 0.571. The van der Waals surface area contributed by atoms with Gasteiger partial charge in [-0.25, -0.2) is 4.39 Å². The second kappa shape index (κ2) is 7.17. The summed E-state index contributed by atoms with van der Waals surface area (Å²) >= 11 is 0. The van der Waals surface area contributed by atoms with Gasteiger partial charge in [0.05, 0.1) is 0 Å². The van der Waals surface area contributed by atoms with E-state index in [1.165, 1.54) is 12.5 Å². The first kappa shape index (κ1) is 15.4. The first-order chi connectivity index (χ1) is 9.58. The number of halogens is 1. The van der Waals surface area contributed by atoms with E-state index in [1.54, 1.807) is 6.07 Å². The molecule has 0 unspecified atom stereocenters. The molecule has 1 aromatic carbocycles. The van der Waals surface area contributed by atoms with Gasteiger partial charge < -0.3 is 14.9 Å². The molecule has 6 heteroatoms. The van der Waals surface area contributed by atoms with Gasteiger partial charge in [-0.1, -0.05) is 13.0 Å². The zero-order valence-corrected chi connectivity index (χ0v) is 11.9. The van der Waals surface area contributed by atoms with E-state index in [9.17, 15) is 4.39 Å². The predicted octanol–water partition coefficient (Wildman–Crippen LogP) is 0.0331. The third-order valence-electron chi connectivity index (χ3n) is 3.69. The molecular formula is C14H22BFN2O2. The van der Waals surface area contributed by atoms with Gasteiger partial charge in [0, 0.05) is 32.7 Å². The molecule has 1 saturated heterocycles. The largest absolute Gasteiger partial charge is 0.488 e. The molecule has 2 rings (SSSR count). The van der Waals surface area contributed by atoms with Crippen LogP contribution in [0.4, 0.5) is 4.39 Å². The van der Waals surface area contributed by atoms with E-state index in [2.05, 4.69) is 16.7 Å². The molecular weight excluding hydrogens is 258 g/mol. The first-order valence-corrected chi connectivity index (χ1v) is 7.18. The fourth-order valence-corrected chi connectivity index (χ4v) is 2.66. The second-order valence-electron chi connectivity index (χ2n) is 5.38. The highest BCUT2D eigenvalue weighted by molar-refractivity contribution is 6.58. The standard InChI is InChI=1S/C14H22BFN2O2/c1-2-3-17-4-6-18(7-5-17)11-12-8-13(15(19)20)10-14(16)9-12/h8-10,19-20H,2-7,11H2,1H3. The Labute approximate surface area is 120 Å². The molecule has 0 bridgehead atoms. The zero-order chi connectivity index (χ0) is 14.5. The van der Waals surface area contributed by atoms with Crippen LogP contribution in [0, 0.1) is 5.82 Å². The Bertz CT molecular complexity index is 437. The molecule has 1 heterocycles. The molecule has 1 aromatic rings. The van der Waals surface area contributed by atoms with Gasteiger partial charge in [-0.05, 0) is 36.1 Å². The maximum absolute atomic E-state index is 13.5. The number of benzene rings is 1. The number of hydrogen-bond donors (Lipinski definition) is 2. The monoisotopic (exact) mass is 280 g/mol. The maximum Gasteiger partial charge on any atom is 0.488 e. The van der Waals surface area contributed by atoms with Crippen LogP contribution in [0.25, 0.3) is 0 Å². The van der Waals surface area contributed by atoms with Crippen LogP contribution in [0.1, 0.15) is 18.9 Å². The quantitative estimate of drug-likeness (QED) is 0.747. The highest BCUT2D eigenvalue weighted by atomic mass is 19.1. The van der Waals surface area contributed by atoms with Crippen molar-refractivity contribution in [2.45, 2.75) is 19.9 Å². The molecule has 0 atom stereocenters. The van der Waals surface area contributed by atoms with Crippen molar-refractivity contribution >= 4 is 12.6 Å². The Hall–Kier alpha value is -0.945. The van der Waals surface area contributed by atoms with Gasteiger partial charge >= 0.3 is 7.12 Å². The molecule has 0 saturated carbocycles. The highest BCUT2D eigenvalue weighted by Crippen LogP contribution is 2.10. The summed E-state index contributed by atoms with van der Waals surface area (Å²) in [6.45, 7) is 7.98. The van der Waals surface area contributed by atoms with E-state index < -0.39 is 12.9 Å². The molecule has 0 aromatic heterocycles. The van der Waals surface area contributed by atoms with Crippen molar-refractivity contribution in [3.8, 4) is 0 Å². The molecule has 0 radical (unpaired) electrons. The van der Waals surface area contributed by atoms with Crippen LogP contribution in [-0.4, -0.2) is 59.7 Å². The Morgan fingerprint density at radius 2 is 1.75 bits per heavy atom. The normalized spacial score (nSPS) is 17.4. The molecule has 2 N–H and O–H groups in total. The van der Waals surface area contributed by atoms with Crippen LogP contribution < -0.4 is 5.46 Å². The van der Waals surface area contributed by atoms with E-state index >= 15 is 0 Å². The van der Waals surface area contributed by atoms with Gasteiger partial charge in [0.15, 0.2) is 0 Å². The highest BCUT2D eigenvalue weighted by Gasteiger charge is 2.18. The first-order valence-electron chi connectivity index (χ1n) is 7.18. The van der Waals surface area contributed by atoms with Crippen molar-refractivity contribution in [2.24, 2.45) is 0 Å². The summed E-state index contributed by atoms with van der Waals surface area (Å²) in [6.07, 6.45) is 1.17. The molecule has 0 aliphatic carbocycles.